The van der Waals surface area contributed by atoms with Crippen molar-refractivity contribution in [1.82, 2.24) is 15.1 Å². The van der Waals surface area contributed by atoms with Crippen LogP contribution >= 0.6 is 31.9 Å². The van der Waals surface area contributed by atoms with Crippen LogP contribution in [-0.4, -0.2) is 21.7 Å². The molecule has 2 rings (SSSR count). The fraction of sp³-hybridized carbons (Fsp3) is 0.417. The van der Waals surface area contributed by atoms with E-state index in [2.05, 4.69) is 53.9 Å². The van der Waals surface area contributed by atoms with Crippen LogP contribution in [0.25, 0.3) is 11.5 Å². The molecule has 19 heavy (non-hydrogen) atoms. The van der Waals surface area contributed by atoms with Gasteiger partial charge in [-0.15, -0.1) is 0 Å². The predicted molar refractivity (Wildman–Crippen MR) is 79.6 cm³/mol. The molecule has 0 spiro atoms. The zero-order valence-corrected chi connectivity index (χ0v) is 13.6. The van der Waals surface area contributed by atoms with Gasteiger partial charge in [-0.2, -0.15) is 4.98 Å². The van der Waals surface area contributed by atoms with E-state index in [0.717, 1.165) is 21.8 Å². The summed E-state index contributed by atoms with van der Waals surface area (Å²) in [6, 6.07) is 1.90. The fourth-order valence-corrected chi connectivity index (χ4v) is 2.82. The third kappa shape index (κ3) is 3.61. The van der Waals surface area contributed by atoms with Gasteiger partial charge in [0.15, 0.2) is 0 Å². The van der Waals surface area contributed by atoms with Crippen LogP contribution in [0.4, 0.5) is 0 Å². The molecule has 0 saturated carbocycles. The highest BCUT2D eigenvalue weighted by Crippen LogP contribution is 2.28. The average Bonchev–Trinajstić information content (AvgIpc) is 2.85. The summed E-state index contributed by atoms with van der Waals surface area (Å²) in [7, 11) is 0. The maximum absolute atomic E-state index is 5.50. The minimum atomic E-state index is 0.207. The Morgan fingerprint density at radius 1 is 1.42 bits per heavy atom. The Bertz CT molecular complexity index is 558. The standard InChI is InChI=1S/C12H14Br2N4O/c1-7(3-2-4-15)12-17-11(18-19-12)10-9(14)5-8(13)6-16-10/h5-7H,2-4,15H2,1H3. The van der Waals surface area contributed by atoms with Gasteiger partial charge in [-0.1, -0.05) is 12.1 Å². The van der Waals surface area contributed by atoms with Gasteiger partial charge in [-0.3, -0.25) is 4.98 Å². The Kier molecular flexibility index (Phi) is 5.06. The van der Waals surface area contributed by atoms with Gasteiger partial charge < -0.3 is 10.3 Å². The quantitative estimate of drug-likeness (QED) is 0.846. The number of nitrogens with two attached hydrogens (primary N) is 1. The summed E-state index contributed by atoms with van der Waals surface area (Å²) in [5.74, 6) is 1.33. The first-order valence-electron chi connectivity index (χ1n) is 5.97. The molecule has 0 aromatic carbocycles. The van der Waals surface area contributed by atoms with Crippen molar-refractivity contribution >= 4 is 31.9 Å². The van der Waals surface area contributed by atoms with Gasteiger partial charge in [0.25, 0.3) is 0 Å². The monoisotopic (exact) mass is 388 g/mol. The number of halogens is 2. The largest absolute Gasteiger partial charge is 0.339 e. The molecule has 1 atom stereocenters. The molecular formula is C12H14Br2N4O. The number of rotatable bonds is 5. The van der Waals surface area contributed by atoms with Crippen molar-refractivity contribution in [3.05, 3.63) is 27.1 Å². The zero-order chi connectivity index (χ0) is 13.8. The van der Waals surface area contributed by atoms with E-state index in [1.54, 1.807) is 6.20 Å². The van der Waals surface area contributed by atoms with E-state index in [1.807, 2.05) is 6.07 Å². The lowest BCUT2D eigenvalue weighted by Crippen LogP contribution is -2.02. The highest BCUT2D eigenvalue weighted by atomic mass is 79.9. The zero-order valence-electron chi connectivity index (χ0n) is 10.4. The first-order chi connectivity index (χ1) is 9.11. The maximum atomic E-state index is 5.50. The van der Waals surface area contributed by atoms with E-state index in [1.165, 1.54) is 0 Å². The second-order valence-electron chi connectivity index (χ2n) is 4.27. The van der Waals surface area contributed by atoms with E-state index in [4.69, 9.17) is 10.3 Å². The molecular weight excluding hydrogens is 376 g/mol. The van der Waals surface area contributed by atoms with Crippen LogP contribution in [0.3, 0.4) is 0 Å². The van der Waals surface area contributed by atoms with Crippen molar-refractivity contribution in [2.75, 3.05) is 6.54 Å². The van der Waals surface area contributed by atoms with E-state index < -0.39 is 0 Å². The molecule has 2 aromatic heterocycles. The molecule has 0 amide bonds. The molecule has 0 bridgehead atoms. The Hall–Kier alpha value is -0.790. The van der Waals surface area contributed by atoms with Crippen molar-refractivity contribution in [2.45, 2.75) is 25.7 Å². The Morgan fingerprint density at radius 3 is 2.89 bits per heavy atom. The summed E-state index contributed by atoms with van der Waals surface area (Å²) >= 11 is 6.80. The topological polar surface area (TPSA) is 77.8 Å². The maximum Gasteiger partial charge on any atom is 0.229 e. The molecule has 2 heterocycles. The molecule has 0 aliphatic heterocycles. The summed E-state index contributed by atoms with van der Waals surface area (Å²) in [5.41, 5.74) is 6.17. The molecule has 0 radical (unpaired) electrons. The second kappa shape index (κ2) is 6.58. The molecule has 0 aliphatic rings. The van der Waals surface area contributed by atoms with Gasteiger partial charge >= 0.3 is 0 Å². The molecule has 102 valence electrons. The number of nitrogens with zero attached hydrogens (tertiary/aromatic N) is 3. The highest BCUT2D eigenvalue weighted by Gasteiger charge is 2.17. The molecule has 0 fully saturated rings. The number of hydrogen-bond donors (Lipinski definition) is 1. The summed E-state index contributed by atoms with van der Waals surface area (Å²) in [5, 5.41) is 3.98. The van der Waals surface area contributed by atoms with Gasteiger partial charge in [0.05, 0.1) is 0 Å². The van der Waals surface area contributed by atoms with Crippen LogP contribution < -0.4 is 5.73 Å². The number of aromatic nitrogens is 3. The van der Waals surface area contributed by atoms with Gasteiger partial charge in [0, 0.05) is 21.1 Å². The normalized spacial score (nSPS) is 12.6. The van der Waals surface area contributed by atoms with Crippen LogP contribution in [0.1, 0.15) is 31.6 Å². The summed E-state index contributed by atoms with van der Waals surface area (Å²) in [6.45, 7) is 2.72. The Labute approximate surface area is 128 Å². The van der Waals surface area contributed by atoms with Crippen molar-refractivity contribution in [3.63, 3.8) is 0 Å². The lowest BCUT2D eigenvalue weighted by atomic mass is 10.1. The summed E-state index contributed by atoms with van der Waals surface area (Å²) in [6.07, 6.45) is 3.58. The third-order valence-corrected chi connectivity index (χ3v) is 3.76. The van der Waals surface area contributed by atoms with Crippen LogP contribution in [0, 0.1) is 0 Å². The SMILES string of the molecule is CC(CCCN)c1nc(-c2ncc(Br)cc2Br)no1. The van der Waals surface area contributed by atoms with E-state index >= 15 is 0 Å². The second-order valence-corrected chi connectivity index (χ2v) is 6.04. The molecule has 2 aromatic rings. The minimum absolute atomic E-state index is 0.207. The summed E-state index contributed by atoms with van der Waals surface area (Å²) < 4.78 is 7.00. The van der Waals surface area contributed by atoms with Gasteiger partial charge in [-0.25, -0.2) is 0 Å². The molecule has 5 nitrogen and oxygen atoms in total. The van der Waals surface area contributed by atoms with E-state index in [-0.39, 0.29) is 5.92 Å². The van der Waals surface area contributed by atoms with Crippen LogP contribution in [0.5, 0.6) is 0 Å². The number of pyridine rings is 1. The van der Waals surface area contributed by atoms with Crippen LogP contribution in [-0.2, 0) is 0 Å². The van der Waals surface area contributed by atoms with Crippen molar-refractivity contribution in [2.24, 2.45) is 5.73 Å². The van der Waals surface area contributed by atoms with Crippen molar-refractivity contribution < 1.29 is 4.52 Å². The first kappa shape index (κ1) is 14.6. The molecule has 2 N–H and O–H groups in total. The Morgan fingerprint density at radius 2 is 2.21 bits per heavy atom. The van der Waals surface area contributed by atoms with E-state index in [0.29, 0.717) is 24.0 Å². The Balaban J connectivity index is 2.20. The van der Waals surface area contributed by atoms with Crippen LogP contribution in [0.2, 0.25) is 0 Å². The van der Waals surface area contributed by atoms with Gasteiger partial charge in [-0.05, 0) is 57.3 Å². The van der Waals surface area contributed by atoms with Crippen molar-refractivity contribution in [3.8, 4) is 11.5 Å². The highest BCUT2D eigenvalue weighted by molar-refractivity contribution is 9.11. The summed E-state index contributed by atoms with van der Waals surface area (Å²) in [4.78, 5) is 8.68. The molecule has 0 aliphatic carbocycles. The molecule has 1 unspecified atom stereocenters. The predicted octanol–water partition coefficient (Wildman–Crippen LogP) is 3.50. The minimum Gasteiger partial charge on any atom is -0.339 e. The lowest BCUT2D eigenvalue weighted by Gasteiger charge is -2.03. The van der Waals surface area contributed by atoms with Gasteiger partial charge in [0.2, 0.25) is 11.7 Å². The smallest absolute Gasteiger partial charge is 0.229 e. The first-order valence-corrected chi connectivity index (χ1v) is 7.55. The fourth-order valence-electron chi connectivity index (χ4n) is 1.66. The lowest BCUT2D eigenvalue weighted by molar-refractivity contribution is 0.352. The third-order valence-electron chi connectivity index (χ3n) is 2.72. The van der Waals surface area contributed by atoms with Crippen LogP contribution in [0.15, 0.2) is 25.7 Å². The van der Waals surface area contributed by atoms with Crippen molar-refractivity contribution in [1.29, 1.82) is 0 Å². The average molecular weight is 390 g/mol. The van der Waals surface area contributed by atoms with Gasteiger partial charge in [0.1, 0.15) is 5.69 Å². The molecule has 7 heteroatoms. The molecule has 0 saturated heterocycles. The number of hydrogen-bond acceptors (Lipinski definition) is 5. The van der Waals surface area contributed by atoms with E-state index in [9.17, 15) is 0 Å².